The van der Waals surface area contributed by atoms with E-state index in [1.54, 1.807) is 0 Å². The first-order chi connectivity index (χ1) is 6.60. The van der Waals surface area contributed by atoms with Crippen LogP contribution in [0.5, 0.6) is 0 Å². The van der Waals surface area contributed by atoms with Crippen molar-refractivity contribution >= 4 is 0 Å². The van der Waals surface area contributed by atoms with Crippen LogP contribution in [0.15, 0.2) is 12.1 Å². The first-order valence-corrected chi connectivity index (χ1v) is 5.31. The summed E-state index contributed by atoms with van der Waals surface area (Å²) in [5.41, 5.74) is 5.32. The Morgan fingerprint density at radius 3 is 2.43 bits per heavy atom. The quantitative estimate of drug-likeness (QED) is 0.780. The molecule has 1 aromatic rings. The Morgan fingerprint density at radius 1 is 1.29 bits per heavy atom. The standard InChI is InChI=1S/C13H20O/c1-5-12-6-9(2)11(4)13(7-12)10(3)8-14/h6-7,10,14H,5,8H2,1-4H3. The van der Waals surface area contributed by atoms with Gasteiger partial charge in [-0.05, 0) is 42.5 Å². The molecule has 1 rings (SSSR count). The highest BCUT2D eigenvalue weighted by Crippen LogP contribution is 2.23. The molecule has 0 aliphatic heterocycles. The Balaban J connectivity index is 3.20. The van der Waals surface area contributed by atoms with Crippen LogP contribution in [0.2, 0.25) is 0 Å². The molecule has 0 aromatic heterocycles. The maximum atomic E-state index is 9.17. The van der Waals surface area contributed by atoms with Gasteiger partial charge in [-0.3, -0.25) is 0 Å². The van der Waals surface area contributed by atoms with Crippen LogP contribution < -0.4 is 0 Å². The summed E-state index contributed by atoms with van der Waals surface area (Å²) in [6, 6.07) is 4.46. The molecule has 1 N–H and O–H groups in total. The van der Waals surface area contributed by atoms with Gasteiger partial charge in [-0.15, -0.1) is 0 Å². The second-order valence-corrected chi connectivity index (χ2v) is 4.06. The molecule has 0 amide bonds. The average molecular weight is 192 g/mol. The fraction of sp³-hybridized carbons (Fsp3) is 0.538. The highest BCUT2D eigenvalue weighted by molar-refractivity contribution is 5.39. The molecule has 0 heterocycles. The molecule has 1 heteroatoms. The first kappa shape index (κ1) is 11.3. The van der Waals surface area contributed by atoms with E-state index >= 15 is 0 Å². The summed E-state index contributed by atoms with van der Waals surface area (Å²) in [6.07, 6.45) is 1.06. The zero-order chi connectivity index (χ0) is 10.7. The molecule has 0 radical (unpaired) electrons. The van der Waals surface area contributed by atoms with E-state index in [9.17, 15) is 0 Å². The fourth-order valence-electron chi connectivity index (χ4n) is 1.78. The van der Waals surface area contributed by atoms with Crippen LogP contribution >= 0.6 is 0 Å². The second-order valence-electron chi connectivity index (χ2n) is 4.06. The lowest BCUT2D eigenvalue weighted by molar-refractivity contribution is 0.272. The SMILES string of the molecule is CCc1cc(C)c(C)c(C(C)CO)c1. The molecule has 0 saturated carbocycles. The van der Waals surface area contributed by atoms with Crippen LogP contribution in [0.1, 0.15) is 42.0 Å². The van der Waals surface area contributed by atoms with Gasteiger partial charge in [0.15, 0.2) is 0 Å². The largest absolute Gasteiger partial charge is 0.396 e. The number of aliphatic hydroxyl groups is 1. The van der Waals surface area contributed by atoms with Gasteiger partial charge in [0.05, 0.1) is 0 Å². The van der Waals surface area contributed by atoms with Gasteiger partial charge < -0.3 is 5.11 Å². The highest BCUT2D eigenvalue weighted by Gasteiger charge is 2.09. The minimum Gasteiger partial charge on any atom is -0.396 e. The topological polar surface area (TPSA) is 20.2 Å². The second kappa shape index (κ2) is 4.61. The minimum absolute atomic E-state index is 0.230. The van der Waals surface area contributed by atoms with Crippen molar-refractivity contribution in [3.63, 3.8) is 0 Å². The van der Waals surface area contributed by atoms with Gasteiger partial charge in [0, 0.05) is 12.5 Å². The molecule has 0 aliphatic rings. The van der Waals surface area contributed by atoms with Gasteiger partial charge in [0.25, 0.3) is 0 Å². The van der Waals surface area contributed by atoms with E-state index in [-0.39, 0.29) is 12.5 Å². The number of aliphatic hydroxyl groups excluding tert-OH is 1. The molecule has 14 heavy (non-hydrogen) atoms. The first-order valence-electron chi connectivity index (χ1n) is 5.31. The molecule has 0 aliphatic carbocycles. The van der Waals surface area contributed by atoms with Crippen LogP contribution in [-0.4, -0.2) is 11.7 Å². The maximum Gasteiger partial charge on any atom is 0.0497 e. The Bertz CT molecular complexity index is 315. The predicted octanol–water partition coefficient (Wildman–Crippen LogP) is 2.96. The molecule has 0 bridgehead atoms. The van der Waals surface area contributed by atoms with Crippen molar-refractivity contribution in [2.45, 2.75) is 40.0 Å². The molecule has 1 aromatic carbocycles. The number of hydrogen-bond acceptors (Lipinski definition) is 1. The van der Waals surface area contributed by atoms with Crippen LogP contribution in [0.25, 0.3) is 0 Å². The van der Waals surface area contributed by atoms with Crippen LogP contribution in [0.4, 0.5) is 0 Å². The van der Waals surface area contributed by atoms with Crippen molar-refractivity contribution in [1.29, 1.82) is 0 Å². The molecule has 1 unspecified atom stereocenters. The third-order valence-electron chi connectivity index (χ3n) is 2.98. The van der Waals surface area contributed by atoms with Gasteiger partial charge in [-0.2, -0.15) is 0 Å². The van der Waals surface area contributed by atoms with Crippen LogP contribution in [0.3, 0.4) is 0 Å². The van der Waals surface area contributed by atoms with Crippen molar-refractivity contribution in [3.05, 3.63) is 34.4 Å². The molecular formula is C13H20O. The zero-order valence-electron chi connectivity index (χ0n) is 9.59. The number of aryl methyl sites for hydroxylation is 2. The van der Waals surface area contributed by atoms with Crippen LogP contribution in [-0.2, 0) is 6.42 Å². The monoisotopic (exact) mass is 192 g/mol. The van der Waals surface area contributed by atoms with Crippen molar-refractivity contribution < 1.29 is 5.11 Å². The number of benzene rings is 1. The molecule has 0 fully saturated rings. The summed E-state index contributed by atoms with van der Waals surface area (Å²) in [5.74, 6) is 0.250. The van der Waals surface area contributed by atoms with E-state index in [1.807, 2.05) is 0 Å². The van der Waals surface area contributed by atoms with Crippen molar-refractivity contribution in [3.8, 4) is 0 Å². The number of rotatable bonds is 3. The summed E-state index contributed by atoms with van der Waals surface area (Å²) >= 11 is 0. The fourth-order valence-corrected chi connectivity index (χ4v) is 1.78. The summed E-state index contributed by atoms with van der Waals surface area (Å²) in [7, 11) is 0. The van der Waals surface area contributed by atoms with E-state index in [1.165, 1.54) is 22.3 Å². The van der Waals surface area contributed by atoms with E-state index in [2.05, 4.69) is 39.8 Å². The van der Waals surface area contributed by atoms with Crippen molar-refractivity contribution in [1.82, 2.24) is 0 Å². The van der Waals surface area contributed by atoms with Gasteiger partial charge >= 0.3 is 0 Å². The van der Waals surface area contributed by atoms with E-state index in [0.29, 0.717) is 0 Å². The molecule has 1 nitrogen and oxygen atoms in total. The summed E-state index contributed by atoms with van der Waals surface area (Å²) in [4.78, 5) is 0. The lowest BCUT2D eigenvalue weighted by atomic mass is 9.91. The third kappa shape index (κ3) is 2.16. The highest BCUT2D eigenvalue weighted by atomic mass is 16.3. The van der Waals surface area contributed by atoms with Crippen molar-refractivity contribution in [2.75, 3.05) is 6.61 Å². The third-order valence-corrected chi connectivity index (χ3v) is 2.98. The Morgan fingerprint density at radius 2 is 1.93 bits per heavy atom. The van der Waals surface area contributed by atoms with Gasteiger partial charge in [0.1, 0.15) is 0 Å². The van der Waals surface area contributed by atoms with Gasteiger partial charge in [0.2, 0.25) is 0 Å². The Kier molecular flexibility index (Phi) is 3.70. The number of hydrogen-bond donors (Lipinski definition) is 1. The Hall–Kier alpha value is -0.820. The summed E-state index contributed by atoms with van der Waals surface area (Å²) in [5, 5.41) is 9.17. The molecule has 1 atom stereocenters. The van der Waals surface area contributed by atoms with Crippen molar-refractivity contribution in [2.24, 2.45) is 0 Å². The molecule has 0 saturated heterocycles. The maximum absolute atomic E-state index is 9.17. The molecule has 78 valence electrons. The smallest absolute Gasteiger partial charge is 0.0497 e. The Labute approximate surface area is 86.8 Å². The normalized spacial score (nSPS) is 12.9. The van der Waals surface area contributed by atoms with E-state index in [0.717, 1.165) is 6.42 Å². The lowest BCUT2D eigenvalue weighted by Gasteiger charge is -2.15. The lowest BCUT2D eigenvalue weighted by Crippen LogP contribution is -2.04. The summed E-state index contributed by atoms with van der Waals surface area (Å²) < 4.78 is 0. The van der Waals surface area contributed by atoms with Gasteiger partial charge in [-0.25, -0.2) is 0 Å². The van der Waals surface area contributed by atoms with E-state index < -0.39 is 0 Å². The molecular weight excluding hydrogens is 172 g/mol. The molecule has 0 spiro atoms. The van der Waals surface area contributed by atoms with Crippen LogP contribution in [0, 0.1) is 13.8 Å². The summed E-state index contributed by atoms with van der Waals surface area (Å²) in [6.45, 7) is 8.74. The minimum atomic E-state index is 0.230. The average Bonchev–Trinajstić information content (AvgIpc) is 2.20. The zero-order valence-corrected chi connectivity index (χ0v) is 9.59. The van der Waals surface area contributed by atoms with E-state index in [4.69, 9.17) is 5.11 Å². The predicted molar refractivity (Wildman–Crippen MR) is 60.8 cm³/mol. The van der Waals surface area contributed by atoms with Gasteiger partial charge in [-0.1, -0.05) is 26.0 Å².